The van der Waals surface area contributed by atoms with E-state index in [1.54, 1.807) is 0 Å². The van der Waals surface area contributed by atoms with Gasteiger partial charge in [-0.25, -0.2) is 4.98 Å². The van der Waals surface area contributed by atoms with E-state index in [1.165, 1.54) is 11.1 Å². The molecular formula is C20H28N4. The summed E-state index contributed by atoms with van der Waals surface area (Å²) in [7, 11) is 2.07. The third-order valence-corrected chi connectivity index (χ3v) is 5.13. The van der Waals surface area contributed by atoms with Gasteiger partial charge in [-0.2, -0.15) is 0 Å². The van der Waals surface area contributed by atoms with Crippen molar-refractivity contribution in [3.8, 4) is 0 Å². The Balaban J connectivity index is 1.66. The molecule has 1 aliphatic rings. The van der Waals surface area contributed by atoms with E-state index in [0.29, 0.717) is 11.8 Å². The van der Waals surface area contributed by atoms with Crippen molar-refractivity contribution in [2.75, 3.05) is 38.1 Å². The third kappa shape index (κ3) is 3.77. The number of hydrogen-bond acceptors (Lipinski definition) is 4. The van der Waals surface area contributed by atoms with Crippen LogP contribution in [0.3, 0.4) is 0 Å². The number of nitrogens with two attached hydrogens (primary N) is 1. The van der Waals surface area contributed by atoms with Gasteiger partial charge >= 0.3 is 0 Å². The zero-order chi connectivity index (χ0) is 16.9. The van der Waals surface area contributed by atoms with E-state index in [9.17, 15) is 0 Å². The topological polar surface area (TPSA) is 45.4 Å². The lowest BCUT2D eigenvalue weighted by Crippen LogP contribution is -2.23. The Kier molecular flexibility index (Phi) is 5.48. The Bertz CT molecular complexity index is 626. The minimum absolute atomic E-state index is 0.533. The average Bonchev–Trinajstić information content (AvgIpc) is 3.05. The van der Waals surface area contributed by atoms with Crippen LogP contribution in [0.4, 0.5) is 5.82 Å². The minimum atomic E-state index is 0.533. The molecule has 1 aromatic heterocycles. The molecule has 0 bridgehead atoms. The predicted octanol–water partition coefficient (Wildman–Crippen LogP) is 2.71. The number of aromatic nitrogens is 1. The SMILES string of the molecule is CCN(C)c1ccc(CN2C[C@@H](CN)[C@H](c3ccccc3)C2)cn1. The lowest BCUT2D eigenvalue weighted by molar-refractivity contribution is 0.316. The first-order valence-corrected chi connectivity index (χ1v) is 8.84. The number of rotatable bonds is 6. The molecule has 0 unspecified atom stereocenters. The molecule has 2 aromatic rings. The van der Waals surface area contributed by atoms with Gasteiger partial charge in [0, 0.05) is 45.3 Å². The Labute approximate surface area is 145 Å². The Morgan fingerprint density at radius 2 is 1.96 bits per heavy atom. The summed E-state index contributed by atoms with van der Waals surface area (Å²) in [6.07, 6.45) is 2.01. The van der Waals surface area contributed by atoms with E-state index in [4.69, 9.17) is 5.73 Å². The number of hydrogen-bond donors (Lipinski definition) is 1. The highest BCUT2D eigenvalue weighted by Crippen LogP contribution is 2.32. The molecule has 2 N–H and O–H groups in total. The second-order valence-corrected chi connectivity index (χ2v) is 6.75. The van der Waals surface area contributed by atoms with Crippen LogP contribution in [0.2, 0.25) is 0 Å². The first-order chi connectivity index (χ1) is 11.7. The smallest absolute Gasteiger partial charge is 0.128 e. The fourth-order valence-corrected chi connectivity index (χ4v) is 3.56. The van der Waals surface area contributed by atoms with Gasteiger partial charge in [0.2, 0.25) is 0 Å². The third-order valence-electron chi connectivity index (χ3n) is 5.13. The van der Waals surface area contributed by atoms with Gasteiger partial charge in [0.1, 0.15) is 5.82 Å². The van der Waals surface area contributed by atoms with E-state index in [2.05, 4.69) is 71.2 Å². The van der Waals surface area contributed by atoms with Crippen LogP contribution in [0.5, 0.6) is 0 Å². The van der Waals surface area contributed by atoms with E-state index < -0.39 is 0 Å². The van der Waals surface area contributed by atoms with Gasteiger partial charge in [-0.05, 0) is 36.6 Å². The molecule has 1 aliphatic heterocycles. The summed E-state index contributed by atoms with van der Waals surface area (Å²) < 4.78 is 0. The monoisotopic (exact) mass is 324 g/mol. The number of anilines is 1. The summed E-state index contributed by atoms with van der Waals surface area (Å²) in [5, 5.41) is 0. The standard InChI is InChI=1S/C20H28N4/c1-3-23(2)20-10-9-16(12-22-20)13-24-14-18(11-21)19(15-24)17-7-5-4-6-8-17/h4-10,12,18-19H,3,11,13-15,21H2,1-2H3/t18-,19+/m1/s1. The van der Waals surface area contributed by atoms with Gasteiger partial charge in [0.25, 0.3) is 0 Å². The number of nitrogens with zero attached hydrogens (tertiary/aromatic N) is 3. The Morgan fingerprint density at radius 3 is 2.58 bits per heavy atom. The molecule has 0 radical (unpaired) electrons. The highest BCUT2D eigenvalue weighted by atomic mass is 15.2. The minimum Gasteiger partial charge on any atom is -0.360 e. The number of benzene rings is 1. The molecular weight excluding hydrogens is 296 g/mol. The average molecular weight is 324 g/mol. The zero-order valence-corrected chi connectivity index (χ0v) is 14.7. The van der Waals surface area contributed by atoms with Crippen LogP contribution >= 0.6 is 0 Å². The summed E-state index contributed by atoms with van der Waals surface area (Å²) in [6, 6.07) is 15.1. The van der Waals surface area contributed by atoms with Gasteiger partial charge in [-0.1, -0.05) is 36.4 Å². The summed E-state index contributed by atoms with van der Waals surface area (Å²) in [5.41, 5.74) is 8.72. The maximum Gasteiger partial charge on any atom is 0.128 e. The van der Waals surface area contributed by atoms with Crippen LogP contribution in [-0.2, 0) is 6.54 Å². The number of likely N-dealkylation sites (tertiary alicyclic amines) is 1. The zero-order valence-electron chi connectivity index (χ0n) is 14.7. The summed E-state index contributed by atoms with van der Waals surface area (Å²) in [6.45, 7) is 6.93. The lowest BCUT2D eigenvalue weighted by atomic mass is 9.89. The molecule has 0 saturated carbocycles. The maximum atomic E-state index is 6.04. The normalized spacial score (nSPS) is 21.1. The summed E-state index contributed by atoms with van der Waals surface area (Å²) >= 11 is 0. The van der Waals surface area contributed by atoms with Crippen molar-refractivity contribution >= 4 is 5.82 Å². The molecule has 1 saturated heterocycles. The fourth-order valence-electron chi connectivity index (χ4n) is 3.56. The molecule has 24 heavy (non-hydrogen) atoms. The molecule has 0 amide bonds. The van der Waals surface area contributed by atoms with Crippen molar-refractivity contribution in [3.05, 3.63) is 59.8 Å². The number of pyridine rings is 1. The maximum absolute atomic E-state index is 6.04. The van der Waals surface area contributed by atoms with Gasteiger partial charge < -0.3 is 10.6 Å². The lowest BCUT2D eigenvalue weighted by Gasteiger charge is -2.18. The van der Waals surface area contributed by atoms with Crippen LogP contribution in [0, 0.1) is 5.92 Å². The van der Waals surface area contributed by atoms with Crippen LogP contribution in [0.15, 0.2) is 48.7 Å². The van der Waals surface area contributed by atoms with Crippen LogP contribution in [-0.4, -0.2) is 43.1 Å². The van der Waals surface area contributed by atoms with Crippen LogP contribution < -0.4 is 10.6 Å². The Morgan fingerprint density at radius 1 is 1.17 bits per heavy atom. The van der Waals surface area contributed by atoms with E-state index in [0.717, 1.165) is 38.5 Å². The molecule has 0 spiro atoms. The van der Waals surface area contributed by atoms with Gasteiger partial charge in [-0.3, -0.25) is 4.90 Å². The van der Waals surface area contributed by atoms with Gasteiger partial charge in [0.15, 0.2) is 0 Å². The molecule has 2 atom stereocenters. The molecule has 3 rings (SSSR count). The van der Waals surface area contributed by atoms with E-state index >= 15 is 0 Å². The predicted molar refractivity (Wildman–Crippen MR) is 100 cm³/mol. The molecule has 128 valence electrons. The molecule has 1 aromatic carbocycles. The fraction of sp³-hybridized carbons (Fsp3) is 0.450. The van der Waals surface area contributed by atoms with Crippen molar-refractivity contribution in [2.24, 2.45) is 11.7 Å². The molecule has 4 heteroatoms. The highest BCUT2D eigenvalue weighted by molar-refractivity contribution is 5.38. The van der Waals surface area contributed by atoms with Gasteiger partial charge in [-0.15, -0.1) is 0 Å². The highest BCUT2D eigenvalue weighted by Gasteiger charge is 2.32. The Hall–Kier alpha value is -1.91. The largest absolute Gasteiger partial charge is 0.360 e. The van der Waals surface area contributed by atoms with E-state index in [1.807, 2.05) is 6.20 Å². The summed E-state index contributed by atoms with van der Waals surface area (Å²) in [5.74, 6) is 2.10. The van der Waals surface area contributed by atoms with Crippen molar-refractivity contribution < 1.29 is 0 Å². The van der Waals surface area contributed by atoms with Gasteiger partial charge in [0.05, 0.1) is 0 Å². The van der Waals surface area contributed by atoms with E-state index in [-0.39, 0.29) is 0 Å². The van der Waals surface area contributed by atoms with Crippen molar-refractivity contribution in [1.82, 2.24) is 9.88 Å². The molecule has 0 aliphatic carbocycles. The second kappa shape index (κ2) is 7.77. The molecule has 1 fully saturated rings. The summed E-state index contributed by atoms with van der Waals surface area (Å²) in [4.78, 5) is 9.24. The molecule has 4 nitrogen and oxygen atoms in total. The van der Waals surface area contributed by atoms with Crippen molar-refractivity contribution in [1.29, 1.82) is 0 Å². The van der Waals surface area contributed by atoms with Crippen molar-refractivity contribution in [2.45, 2.75) is 19.4 Å². The quantitative estimate of drug-likeness (QED) is 0.887. The molecule has 2 heterocycles. The van der Waals surface area contributed by atoms with Crippen LogP contribution in [0.1, 0.15) is 24.0 Å². The first-order valence-electron chi connectivity index (χ1n) is 8.84. The second-order valence-electron chi connectivity index (χ2n) is 6.75. The van der Waals surface area contributed by atoms with Crippen LogP contribution in [0.25, 0.3) is 0 Å². The first kappa shape index (κ1) is 16.9. The van der Waals surface area contributed by atoms with Crippen molar-refractivity contribution in [3.63, 3.8) is 0 Å².